The maximum absolute atomic E-state index is 12.8. The zero-order valence-electron chi connectivity index (χ0n) is 15.4. The van der Waals surface area contributed by atoms with Crippen molar-refractivity contribution in [3.63, 3.8) is 0 Å². The number of rotatable bonds is 6. The number of hydrogen-bond acceptors (Lipinski definition) is 3. The summed E-state index contributed by atoms with van der Waals surface area (Å²) in [7, 11) is 0. The number of nitrogens with two attached hydrogens (primary N) is 2. The number of carbonyl (C=O) groups excluding carboxylic acids is 1. The topological polar surface area (TPSA) is 89.3 Å². The molecule has 1 amide bonds. The van der Waals surface area contributed by atoms with Crippen LogP contribution >= 0.6 is 0 Å². The molecular formula is C20H24F4N2O2. The van der Waals surface area contributed by atoms with Gasteiger partial charge in [0.15, 0.2) is 0 Å². The van der Waals surface area contributed by atoms with Crippen LogP contribution in [-0.2, 0) is 17.4 Å². The van der Waals surface area contributed by atoms with Crippen molar-refractivity contribution in [1.82, 2.24) is 0 Å². The Kier molecular flexibility index (Phi) is 9.08. The SMILES string of the molecule is CCCC(N)=O.NC(Cc1ccc(C(F)(F)F)cc1)C(O)c1ccc(F)cc1. The molecule has 0 aliphatic rings. The molecule has 0 bridgehead atoms. The number of halogens is 4. The van der Waals surface area contributed by atoms with Crippen molar-refractivity contribution in [1.29, 1.82) is 0 Å². The molecule has 0 aliphatic heterocycles. The van der Waals surface area contributed by atoms with Gasteiger partial charge in [0.1, 0.15) is 5.82 Å². The average molecular weight is 400 g/mol. The molecule has 28 heavy (non-hydrogen) atoms. The minimum Gasteiger partial charge on any atom is -0.387 e. The molecule has 0 saturated carbocycles. The molecule has 2 rings (SSSR count). The second-order valence-electron chi connectivity index (χ2n) is 6.28. The predicted molar refractivity (Wildman–Crippen MR) is 98.6 cm³/mol. The summed E-state index contributed by atoms with van der Waals surface area (Å²) in [4.78, 5) is 9.82. The molecule has 0 radical (unpaired) electrons. The quantitative estimate of drug-likeness (QED) is 0.646. The van der Waals surface area contributed by atoms with E-state index in [0.29, 0.717) is 17.5 Å². The highest BCUT2D eigenvalue weighted by Gasteiger charge is 2.30. The van der Waals surface area contributed by atoms with E-state index in [-0.39, 0.29) is 12.3 Å². The van der Waals surface area contributed by atoms with E-state index < -0.39 is 29.7 Å². The van der Waals surface area contributed by atoms with Gasteiger partial charge in [-0.2, -0.15) is 13.2 Å². The fraction of sp³-hybridized carbons (Fsp3) is 0.350. The van der Waals surface area contributed by atoms with Crippen molar-refractivity contribution < 1.29 is 27.5 Å². The monoisotopic (exact) mass is 400 g/mol. The Bertz CT molecular complexity index is 731. The summed E-state index contributed by atoms with van der Waals surface area (Å²) in [5.41, 5.74) is 11.0. The van der Waals surface area contributed by atoms with Crippen LogP contribution < -0.4 is 11.5 Å². The number of benzene rings is 2. The fourth-order valence-electron chi connectivity index (χ4n) is 2.37. The van der Waals surface area contributed by atoms with E-state index in [1.54, 1.807) is 0 Å². The lowest BCUT2D eigenvalue weighted by Gasteiger charge is -2.19. The van der Waals surface area contributed by atoms with Crippen LogP contribution in [0.25, 0.3) is 0 Å². The van der Waals surface area contributed by atoms with Crippen LogP contribution in [0.3, 0.4) is 0 Å². The molecule has 0 aliphatic carbocycles. The molecule has 0 saturated heterocycles. The standard InChI is InChI=1S/C16H15F4NO.C4H9NO/c17-13-7-3-11(4-8-13)15(22)14(21)9-10-1-5-12(6-2-10)16(18,19)20;1-2-3-4(5)6/h1-8,14-15,22H,9,21H2;2-3H2,1H3,(H2,5,6). The highest BCUT2D eigenvalue weighted by Crippen LogP contribution is 2.29. The molecule has 2 aromatic rings. The summed E-state index contributed by atoms with van der Waals surface area (Å²) in [6, 6.07) is 9.19. The van der Waals surface area contributed by atoms with Gasteiger partial charge < -0.3 is 16.6 Å². The maximum atomic E-state index is 12.8. The smallest absolute Gasteiger partial charge is 0.387 e. The molecule has 2 aromatic carbocycles. The summed E-state index contributed by atoms with van der Waals surface area (Å²) >= 11 is 0. The zero-order chi connectivity index (χ0) is 21.3. The van der Waals surface area contributed by atoms with E-state index in [1.807, 2.05) is 6.92 Å². The van der Waals surface area contributed by atoms with Crippen molar-refractivity contribution in [3.8, 4) is 0 Å². The van der Waals surface area contributed by atoms with Crippen molar-refractivity contribution in [2.24, 2.45) is 11.5 Å². The summed E-state index contributed by atoms with van der Waals surface area (Å²) in [6.07, 6.45) is -3.83. The number of carbonyl (C=O) groups is 1. The summed E-state index contributed by atoms with van der Waals surface area (Å²) in [5, 5.41) is 10.1. The molecule has 8 heteroatoms. The van der Waals surface area contributed by atoms with Crippen molar-refractivity contribution >= 4 is 5.91 Å². The van der Waals surface area contributed by atoms with Crippen LogP contribution in [0.4, 0.5) is 17.6 Å². The third-order valence-electron chi connectivity index (χ3n) is 3.87. The van der Waals surface area contributed by atoms with E-state index >= 15 is 0 Å². The van der Waals surface area contributed by atoms with E-state index in [9.17, 15) is 27.5 Å². The second kappa shape index (κ2) is 10.8. The van der Waals surface area contributed by atoms with Gasteiger partial charge in [-0.15, -0.1) is 0 Å². The Morgan fingerprint density at radius 2 is 1.61 bits per heavy atom. The molecule has 2 unspecified atom stereocenters. The first-order valence-electron chi connectivity index (χ1n) is 8.68. The number of hydrogen-bond donors (Lipinski definition) is 3. The minimum atomic E-state index is -4.38. The van der Waals surface area contributed by atoms with Crippen LogP contribution in [0.2, 0.25) is 0 Å². The Labute approximate surface area is 161 Å². The van der Waals surface area contributed by atoms with Gasteiger partial charge in [-0.25, -0.2) is 4.39 Å². The largest absolute Gasteiger partial charge is 0.416 e. The first-order chi connectivity index (χ1) is 13.0. The lowest BCUT2D eigenvalue weighted by molar-refractivity contribution is -0.137. The van der Waals surface area contributed by atoms with Gasteiger partial charge in [0.25, 0.3) is 0 Å². The molecule has 0 heterocycles. The molecule has 2 atom stereocenters. The van der Waals surface area contributed by atoms with Crippen molar-refractivity contribution in [3.05, 3.63) is 71.0 Å². The van der Waals surface area contributed by atoms with E-state index in [1.165, 1.54) is 36.4 Å². The third-order valence-corrected chi connectivity index (χ3v) is 3.87. The summed E-state index contributed by atoms with van der Waals surface area (Å²) in [5.74, 6) is -0.634. The molecule has 5 N–H and O–H groups in total. The van der Waals surface area contributed by atoms with Crippen LogP contribution in [-0.4, -0.2) is 17.1 Å². The van der Waals surface area contributed by atoms with Crippen LogP contribution in [0, 0.1) is 5.82 Å². The van der Waals surface area contributed by atoms with Crippen molar-refractivity contribution in [2.45, 2.75) is 44.5 Å². The van der Waals surface area contributed by atoms with Gasteiger partial charge in [-0.05, 0) is 48.2 Å². The Morgan fingerprint density at radius 3 is 2.00 bits per heavy atom. The van der Waals surface area contributed by atoms with Gasteiger partial charge in [-0.3, -0.25) is 4.79 Å². The number of primary amides is 1. The van der Waals surface area contributed by atoms with E-state index in [0.717, 1.165) is 18.6 Å². The molecule has 0 spiro atoms. The minimum absolute atomic E-state index is 0.205. The normalized spacial score (nSPS) is 13.2. The van der Waals surface area contributed by atoms with Gasteiger partial charge in [0.05, 0.1) is 11.7 Å². The van der Waals surface area contributed by atoms with Gasteiger partial charge in [-0.1, -0.05) is 31.2 Å². The Morgan fingerprint density at radius 1 is 1.07 bits per heavy atom. The fourth-order valence-corrected chi connectivity index (χ4v) is 2.37. The Balaban J connectivity index is 0.000000568. The van der Waals surface area contributed by atoms with Crippen molar-refractivity contribution in [2.75, 3.05) is 0 Å². The first kappa shape index (κ1) is 23.6. The molecule has 4 nitrogen and oxygen atoms in total. The van der Waals surface area contributed by atoms with Crippen LogP contribution in [0.5, 0.6) is 0 Å². The lowest BCUT2D eigenvalue weighted by Crippen LogP contribution is -2.30. The predicted octanol–water partition coefficient (Wildman–Crippen LogP) is 3.72. The summed E-state index contributed by atoms with van der Waals surface area (Å²) < 4.78 is 50.2. The van der Waals surface area contributed by atoms with Crippen LogP contribution in [0.1, 0.15) is 42.6 Å². The highest BCUT2D eigenvalue weighted by molar-refractivity contribution is 5.73. The first-order valence-corrected chi connectivity index (χ1v) is 8.68. The molecular weight excluding hydrogens is 376 g/mol. The molecule has 0 aromatic heterocycles. The molecule has 154 valence electrons. The molecule has 0 fully saturated rings. The lowest BCUT2D eigenvalue weighted by atomic mass is 9.96. The van der Waals surface area contributed by atoms with E-state index in [2.05, 4.69) is 0 Å². The zero-order valence-corrected chi connectivity index (χ0v) is 15.4. The Hall–Kier alpha value is -2.45. The highest BCUT2D eigenvalue weighted by atomic mass is 19.4. The number of aliphatic hydroxyl groups excluding tert-OH is 1. The number of aliphatic hydroxyl groups is 1. The van der Waals surface area contributed by atoms with Gasteiger partial charge in [0.2, 0.25) is 5.91 Å². The second-order valence-corrected chi connectivity index (χ2v) is 6.28. The van der Waals surface area contributed by atoms with E-state index in [4.69, 9.17) is 11.5 Å². The van der Waals surface area contributed by atoms with Crippen LogP contribution in [0.15, 0.2) is 48.5 Å². The average Bonchev–Trinajstić information content (AvgIpc) is 2.62. The summed E-state index contributed by atoms with van der Waals surface area (Å²) in [6.45, 7) is 1.92. The van der Waals surface area contributed by atoms with Gasteiger partial charge in [0, 0.05) is 12.5 Å². The number of alkyl halides is 3. The maximum Gasteiger partial charge on any atom is 0.416 e. The third kappa shape index (κ3) is 8.06. The number of amides is 1. The van der Waals surface area contributed by atoms with Gasteiger partial charge >= 0.3 is 6.18 Å².